The second-order valence-electron chi connectivity index (χ2n) is 4.70. The van der Waals surface area contributed by atoms with Crippen LogP contribution in [0.5, 0.6) is 11.5 Å². The van der Waals surface area contributed by atoms with E-state index < -0.39 is 5.38 Å². The summed E-state index contributed by atoms with van der Waals surface area (Å²) in [6, 6.07) is 5.73. The van der Waals surface area contributed by atoms with E-state index in [0.717, 1.165) is 24.2 Å². The minimum Gasteiger partial charge on any atom is -0.490 e. The molecule has 4 heteroatoms. The molecule has 0 fully saturated rings. The van der Waals surface area contributed by atoms with Gasteiger partial charge in [0, 0.05) is 0 Å². The molecule has 0 aliphatic heterocycles. The molecule has 0 saturated carbocycles. The molecule has 0 aromatic heterocycles. The summed E-state index contributed by atoms with van der Waals surface area (Å²) in [5.41, 5.74) is 0.978. The minimum absolute atomic E-state index is 0.0205. The largest absolute Gasteiger partial charge is 0.490 e. The predicted molar refractivity (Wildman–Crippen MR) is 82.0 cm³/mol. The van der Waals surface area contributed by atoms with Gasteiger partial charge in [0.1, 0.15) is 5.78 Å². The van der Waals surface area contributed by atoms with Crippen LogP contribution in [-0.4, -0.2) is 24.4 Å². The van der Waals surface area contributed by atoms with Crippen molar-refractivity contribution < 1.29 is 14.3 Å². The average molecular weight is 299 g/mol. The molecule has 0 heterocycles. The summed E-state index contributed by atoms with van der Waals surface area (Å²) < 4.78 is 11.3. The van der Waals surface area contributed by atoms with Crippen molar-refractivity contribution >= 4 is 17.4 Å². The van der Waals surface area contributed by atoms with Crippen LogP contribution >= 0.6 is 11.6 Å². The lowest BCUT2D eigenvalue weighted by molar-refractivity contribution is -0.116. The van der Waals surface area contributed by atoms with E-state index in [1.54, 1.807) is 0 Å². The summed E-state index contributed by atoms with van der Waals surface area (Å²) in [5.74, 6) is 1.44. The highest BCUT2D eigenvalue weighted by Gasteiger charge is 2.13. The molecule has 1 rings (SSSR count). The summed E-state index contributed by atoms with van der Waals surface area (Å²) in [5, 5.41) is -0.490. The number of carbonyl (C=O) groups excluding carboxylic acids is 1. The highest BCUT2D eigenvalue weighted by Crippen LogP contribution is 2.29. The maximum absolute atomic E-state index is 11.2. The lowest BCUT2D eigenvalue weighted by atomic mass is 10.1. The normalized spacial score (nSPS) is 12.0. The summed E-state index contributed by atoms with van der Waals surface area (Å²) in [6.07, 6.45) is 2.61. The van der Waals surface area contributed by atoms with Gasteiger partial charge in [0.05, 0.1) is 18.6 Å². The van der Waals surface area contributed by atoms with Crippen molar-refractivity contribution in [2.45, 2.75) is 45.4 Å². The van der Waals surface area contributed by atoms with Gasteiger partial charge in [0.15, 0.2) is 11.5 Å². The second-order valence-corrected chi connectivity index (χ2v) is 5.23. The third-order valence-electron chi connectivity index (χ3n) is 2.92. The zero-order valence-corrected chi connectivity index (χ0v) is 13.2. The van der Waals surface area contributed by atoms with Gasteiger partial charge in [-0.1, -0.05) is 19.4 Å². The number of ketones is 1. The van der Waals surface area contributed by atoms with Gasteiger partial charge in [-0.25, -0.2) is 0 Å². The van der Waals surface area contributed by atoms with E-state index in [1.165, 1.54) is 6.92 Å². The van der Waals surface area contributed by atoms with Crippen LogP contribution in [0.25, 0.3) is 0 Å². The van der Waals surface area contributed by atoms with Gasteiger partial charge in [0.2, 0.25) is 0 Å². The smallest absolute Gasteiger partial charge is 0.161 e. The number of Topliss-reactive ketones (excluding diaryl/α,β-unsaturated/α-hetero) is 1. The molecule has 3 nitrogen and oxygen atoms in total. The molecular weight excluding hydrogens is 276 g/mol. The minimum atomic E-state index is -0.490. The number of rotatable bonds is 9. The number of halogens is 1. The zero-order valence-electron chi connectivity index (χ0n) is 12.4. The van der Waals surface area contributed by atoms with Crippen LogP contribution < -0.4 is 9.47 Å². The number of ether oxygens (including phenoxy) is 2. The summed E-state index contributed by atoms with van der Waals surface area (Å²) in [7, 11) is 0. The van der Waals surface area contributed by atoms with Crippen molar-refractivity contribution in [2.75, 3.05) is 13.2 Å². The van der Waals surface area contributed by atoms with Crippen molar-refractivity contribution in [3.63, 3.8) is 0 Å². The molecule has 1 aromatic carbocycles. The molecule has 0 radical (unpaired) electrons. The van der Waals surface area contributed by atoms with Crippen LogP contribution in [0.15, 0.2) is 18.2 Å². The van der Waals surface area contributed by atoms with Gasteiger partial charge in [-0.15, -0.1) is 11.6 Å². The Morgan fingerprint density at radius 2 is 2.00 bits per heavy atom. The van der Waals surface area contributed by atoms with Crippen LogP contribution in [0.2, 0.25) is 0 Å². The van der Waals surface area contributed by atoms with Gasteiger partial charge in [-0.3, -0.25) is 4.79 Å². The van der Waals surface area contributed by atoms with Gasteiger partial charge in [0.25, 0.3) is 0 Å². The maximum atomic E-state index is 11.2. The first kappa shape index (κ1) is 16.8. The Balaban J connectivity index is 2.80. The second kappa shape index (κ2) is 8.85. The van der Waals surface area contributed by atoms with E-state index in [4.69, 9.17) is 21.1 Å². The highest BCUT2D eigenvalue weighted by atomic mass is 35.5. The molecule has 0 saturated heterocycles. The Morgan fingerprint density at radius 1 is 1.25 bits per heavy atom. The molecule has 112 valence electrons. The number of carbonyl (C=O) groups is 1. The quantitative estimate of drug-likeness (QED) is 0.510. The van der Waals surface area contributed by atoms with E-state index in [-0.39, 0.29) is 5.78 Å². The van der Waals surface area contributed by atoms with Gasteiger partial charge < -0.3 is 9.47 Å². The van der Waals surface area contributed by atoms with Gasteiger partial charge in [-0.05, 0) is 44.4 Å². The number of hydrogen-bond acceptors (Lipinski definition) is 3. The number of benzene rings is 1. The van der Waals surface area contributed by atoms with Crippen LogP contribution in [-0.2, 0) is 11.2 Å². The van der Waals surface area contributed by atoms with E-state index in [2.05, 4.69) is 6.92 Å². The fourth-order valence-electron chi connectivity index (χ4n) is 1.74. The lowest BCUT2D eigenvalue weighted by Gasteiger charge is -2.14. The van der Waals surface area contributed by atoms with Crippen LogP contribution in [0.1, 0.15) is 39.2 Å². The van der Waals surface area contributed by atoms with E-state index >= 15 is 0 Å². The fraction of sp³-hybridized carbons (Fsp3) is 0.562. The van der Waals surface area contributed by atoms with E-state index in [1.807, 2.05) is 25.1 Å². The Morgan fingerprint density at radius 3 is 2.60 bits per heavy atom. The van der Waals surface area contributed by atoms with E-state index in [0.29, 0.717) is 25.4 Å². The highest BCUT2D eigenvalue weighted by molar-refractivity contribution is 6.30. The SMILES string of the molecule is CCCCOc1ccc(CC(Cl)C(C)=O)cc1OCC. The van der Waals surface area contributed by atoms with Crippen molar-refractivity contribution in [2.24, 2.45) is 0 Å². The Hall–Kier alpha value is -1.22. The summed E-state index contributed by atoms with van der Waals surface area (Å²) >= 11 is 6.00. The molecule has 0 N–H and O–H groups in total. The molecule has 0 aliphatic rings. The fourth-order valence-corrected chi connectivity index (χ4v) is 1.92. The third kappa shape index (κ3) is 5.41. The molecule has 1 unspecified atom stereocenters. The molecule has 0 amide bonds. The molecule has 0 aliphatic carbocycles. The summed E-state index contributed by atoms with van der Waals surface area (Å²) in [6.45, 7) is 6.82. The molecule has 1 aromatic rings. The first-order chi connectivity index (χ1) is 9.58. The number of alkyl halides is 1. The standard InChI is InChI=1S/C16H23ClO3/c1-4-6-9-20-15-8-7-13(10-14(17)12(3)18)11-16(15)19-5-2/h7-8,11,14H,4-6,9-10H2,1-3H3. The topological polar surface area (TPSA) is 35.5 Å². The van der Waals surface area contributed by atoms with E-state index in [9.17, 15) is 4.79 Å². The molecule has 0 bridgehead atoms. The monoisotopic (exact) mass is 298 g/mol. The molecule has 0 spiro atoms. The number of hydrogen-bond donors (Lipinski definition) is 0. The van der Waals surface area contributed by atoms with Crippen molar-refractivity contribution in [3.8, 4) is 11.5 Å². The third-order valence-corrected chi connectivity index (χ3v) is 3.38. The van der Waals surface area contributed by atoms with Gasteiger partial charge >= 0.3 is 0 Å². The molecule has 1 atom stereocenters. The first-order valence-corrected chi connectivity index (χ1v) is 7.55. The Labute approximate surface area is 126 Å². The van der Waals surface area contributed by atoms with Crippen molar-refractivity contribution in [3.05, 3.63) is 23.8 Å². The lowest BCUT2D eigenvalue weighted by Crippen LogP contribution is -2.13. The maximum Gasteiger partial charge on any atom is 0.161 e. The summed E-state index contributed by atoms with van der Waals surface area (Å²) in [4.78, 5) is 11.2. The van der Waals surface area contributed by atoms with Gasteiger partial charge in [-0.2, -0.15) is 0 Å². The predicted octanol–water partition coefficient (Wildman–Crippen LogP) is 4.00. The zero-order chi connectivity index (χ0) is 15.0. The number of unbranched alkanes of at least 4 members (excludes halogenated alkanes) is 1. The van der Waals surface area contributed by atoms with Crippen molar-refractivity contribution in [1.29, 1.82) is 0 Å². The first-order valence-electron chi connectivity index (χ1n) is 7.11. The van der Waals surface area contributed by atoms with Crippen LogP contribution in [0.3, 0.4) is 0 Å². The van der Waals surface area contributed by atoms with Crippen LogP contribution in [0.4, 0.5) is 0 Å². The average Bonchev–Trinajstić information content (AvgIpc) is 2.41. The molecule has 20 heavy (non-hydrogen) atoms. The Bertz CT molecular complexity index is 432. The van der Waals surface area contributed by atoms with Crippen molar-refractivity contribution in [1.82, 2.24) is 0 Å². The Kier molecular flexibility index (Phi) is 7.45. The molecular formula is C16H23ClO3. The van der Waals surface area contributed by atoms with Crippen LogP contribution in [0, 0.1) is 0 Å².